The normalized spacial score (nSPS) is 16.8. The Bertz CT molecular complexity index is 497. The van der Waals surface area contributed by atoms with Crippen molar-refractivity contribution in [2.24, 2.45) is 0 Å². The molecule has 0 aliphatic carbocycles. The molecule has 0 fully saturated rings. The van der Waals surface area contributed by atoms with Crippen molar-refractivity contribution in [1.29, 1.82) is 0 Å². The molecular formula is C5H3F9O6S. The molecule has 128 valence electrons. The van der Waals surface area contributed by atoms with Crippen LogP contribution in [-0.4, -0.2) is 47.9 Å². The lowest BCUT2D eigenvalue weighted by atomic mass is 10.0. The molecule has 0 aromatic rings. The van der Waals surface area contributed by atoms with Crippen LogP contribution in [0.3, 0.4) is 0 Å². The van der Waals surface area contributed by atoms with E-state index in [1.54, 1.807) is 0 Å². The molecule has 0 rings (SSSR count). The van der Waals surface area contributed by atoms with Gasteiger partial charge in [-0.15, -0.1) is 0 Å². The first-order valence-corrected chi connectivity index (χ1v) is 5.19. The third kappa shape index (κ3) is 3.67. The number of carboxylic acid groups (broad SMARTS) is 1. The maximum absolute atomic E-state index is 13.1. The summed E-state index contributed by atoms with van der Waals surface area (Å²) in [5.41, 5.74) is 0. The Morgan fingerprint density at radius 1 is 0.905 bits per heavy atom. The van der Waals surface area contributed by atoms with Crippen molar-refractivity contribution in [1.82, 2.24) is 0 Å². The van der Waals surface area contributed by atoms with Crippen molar-refractivity contribution in [3.8, 4) is 0 Å². The fourth-order valence-electron chi connectivity index (χ4n) is 0.747. The van der Waals surface area contributed by atoms with Gasteiger partial charge >= 0.3 is 40.2 Å². The van der Waals surface area contributed by atoms with Crippen LogP contribution in [0.25, 0.3) is 0 Å². The molecule has 0 aromatic heterocycles. The first-order valence-electron chi connectivity index (χ1n) is 3.83. The average molecular weight is 362 g/mol. The van der Waals surface area contributed by atoms with Gasteiger partial charge in [0.25, 0.3) is 0 Å². The van der Waals surface area contributed by atoms with Gasteiger partial charge in [-0.05, 0) is 0 Å². The quantitative estimate of drug-likeness (QED) is 0.569. The van der Waals surface area contributed by atoms with E-state index in [0.717, 1.165) is 0 Å². The third-order valence-electron chi connectivity index (χ3n) is 1.65. The first kappa shape index (κ1) is 22.0. The van der Waals surface area contributed by atoms with Gasteiger partial charge in [-0.2, -0.15) is 47.7 Å². The minimum Gasteiger partial charge on any atom is -0.477 e. The topological polar surface area (TPSA) is 101 Å². The predicted molar refractivity (Wildman–Crippen MR) is 42.6 cm³/mol. The minimum absolute atomic E-state index is 0. The monoisotopic (exact) mass is 362 g/mol. The van der Waals surface area contributed by atoms with Gasteiger partial charge in [-0.3, -0.25) is 9.26 Å². The van der Waals surface area contributed by atoms with Gasteiger partial charge in [-0.1, -0.05) is 0 Å². The third-order valence-corrected chi connectivity index (χ3v) is 2.09. The molecule has 0 saturated carbocycles. The lowest BCUT2D eigenvalue weighted by molar-refractivity contribution is -0.396. The fraction of sp³-hybridized carbons (Fsp3) is 0.800. The van der Waals surface area contributed by atoms with E-state index in [4.69, 9.17) is 9.66 Å². The molecule has 0 radical (unpaired) electrons. The largest absolute Gasteiger partial charge is 0.477 e. The highest BCUT2D eigenvalue weighted by atomic mass is 32.3. The smallest absolute Gasteiger partial charge is 0.460 e. The van der Waals surface area contributed by atoms with Gasteiger partial charge in [0.2, 0.25) is 0 Å². The van der Waals surface area contributed by atoms with E-state index in [9.17, 15) is 48.3 Å². The Hall–Kier alpha value is -1.29. The molecule has 1 unspecified atom stereocenters. The number of carbonyl (C=O) groups is 1. The molecule has 16 heteroatoms. The highest BCUT2D eigenvalue weighted by Crippen LogP contribution is 2.53. The molecule has 2 N–H and O–H groups in total. The summed E-state index contributed by atoms with van der Waals surface area (Å²) < 4.78 is 129. The van der Waals surface area contributed by atoms with Gasteiger partial charge in [-0.25, -0.2) is 4.79 Å². The number of hydrogen-bond acceptors (Lipinski definition) is 4. The Kier molecular flexibility index (Phi) is 5.75. The van der Waals surface area contributed by atoms with E-state index in [-0.39, 0.29) is 4.70 Å². The SMILES string of the molecule is F.O=C(O)C(F)(OS(=O)(=O)O)C(F)(F)C(F)(F)C(F)(F)F. The lowest BCUT2D eigenvalue weighted by Crippen LogP contribution is -2.66. The molecule has 1 atom stereocenters. The Labute approximate surface area is 108 Å². The van der Waals surface area contributed by atoms with E-state index in [1.807, 2.05) is 0 Å². The van der Waals surface area contributed by atoms with Crippen LogP contribution in [0.15, 0.2) is 0 Å². The number of hydrogen-bond donors (Lipinski definition) is 2. The molecular weight excluding hydrogens is 359 g/mol. The van der Waals surface area contributed by atoms with Gasteiger partial charge < -0.3 is 5.11 Å². The number of rotatable bonds is 5. The highest BCUT2D eigenvalue weighted by Gasteiger charge is 2.85. The van der Waals surface area contributed by atoms with Crippen molar-refractivity contribution >= 4 is 16.4 Å². The van der Waals surface area contributed by atoms with Crippen molar-refractivity contribution in [3.05, 3.63) is 0 Å². The molecule has 0 heterocycles. The zero-order valence-electron chi connectivity index (χ0n) is 8.87. The van der Waals surface area contributed by atoms with Crippen molar-refractivity contribution in [2.75, 3.05) is 0 Å². The second kappa shape index (κ2) is 5.48. The van der Waals surface area contributed by atoms with Crippen LogP contribution in [0.2, 0.25) is 0 Å². The Balaban J connectivity index is 0. The minimum atomic E-state index is -7.32. The zero-order valence-corrected chi connectivity index (χ0v) is 9.68. The van der Waals surface area contributed by atoms with Crippen LogP contribution in [0.5, 0.6) is 0 Å². The van der Waals surface area contributed by atoms with E-state index in [2.05, 4.69) is 4.18 Å². The van der Waals surface area contributed by atoms with Crippen LogP contribution < -0.4 is 0 Å². The molecule has 0 aromatic carbocycles. The molecule has 0 bridgehead atoms. The summed E-state index contributed by atoms with van der Waals surface area (Å²) in [6, 6.07) is 0. The number of aliphatic carboxylic acids is 1. The van der Waals surface area contributed by atoms with E-state index in [1.165, 1.54) is 0 Å². The zero-order chi connectivity index (χ0) is 16.8. The van der Waals surface area contributed by atoms with Gasteiger partial charge in [0.1, 0.15) is 0 Å². The number of halogens is 9. The number of alkyl halides is 8. The summed E-state index contributed by atoms with van der Waals surface area (Å²) in [4.78, 5) is 10.1. The molecule has 0 aliphatic rings. The van der Waals surface area contributed by atoms with E-state index in [0.29, 0.717) is 0 Å². The summed E-state index contributed by atoms with van der Waals surface area (Å²) in [7, 11) is -6.45. The second-order valence-electron chi connectivity index (χ2n) is 3.06. The van der Waals surface area contributed by atoms with Crippen LogP contribution in [0, 0.1) is 0 Å². The fourth-order valence-corrected chi connectivity index (χ4v) is 1.21. The molecule has 0 amide bonds. The van der Waals surface area contributed by atoms with Crippen LogP contribution in [0.1, 0.15) is 0 Å². The average Bonchev–Trinajstić information content (AvgIpc) is 2.11. The van der Waals surface area contributed by atoms with Crippen molar-refractivity contribution in [3.63, 3.8) is 0 Å². The van der Waals surface area contributed by atoms with E-state index >= 15 is 0 Å². The summed E-state index contributed by atoms with van der Waals surface area (Å²) in [6.45, 7) is 0. The predicted octanol–water partition coefficient (Wildman–Crippen LogP) is 1.54. The van der Waals surface area contributed by atoms with Gasteiger partial charge in [0, 0.05) is 0 Å². The van der Waals surface area contributed by atoms with Gasteiger partial charge in [0.15, 0.2) is 0 Å². The molecule has 0 saturated heterocycles. The standard InChI is InChI=1S/C5H2F8O6S.FH/c6-2(1(14)15,19-20(16,17)18)3(7,8)4(9,10)5(11,12)13;/h(H,14,15)(H,16,17,18);1H. The summed E-state index contributed by atoms with van der Waals surface area (Å²) in [6.07, 6.45) is -7.15. The van der Waals surface area contributed by atoms with Crippen LogP contribution in [-0.2, 0) is 19.4 Å². The number of carboxylic acids is 1. The molecule has 6 nitrogen and oxygen atoms in total. The van der Waals surface area contributed by atoms with Crippen LogP contribution >= 0.6 is 0 Å². The Morgan fingerprint density at radius 2 is 1.24 bits per heavy atom. The summed E-state index contributed by atoms with van der Waals surface area (Å²) in [5.74, 6) is -24.8. The lowest BCUT2D eigenvalue weighted by Gasteiger charge is -2.34. The highest BCUT2D eigenvalue weighted by molar-refractivity contribution is 7.81. The summed E-state index contributed by atoms with van der Waals surface area (Å²) >= 11 is 0. The van der Waals surface area contributed by atoms with Crippen molar-refractivity contribution < 1.29 is 66.9 Å². The molecule has 21 heavy (non-hydrogen) atoms. The second-order valence-corrected chi connectivity index (χ2v) is 4.08. The first-order chi connectivity index (χ1) is 8.40. The maximum atomic E-state index is 13.1. The molecule has 0 spiro atoms. The molecule has 0 aliphatic heterocycles. The van der Waals surface area contributed by atoms with Gasteiger partial charge in [0.05, 0.1) is 0 Å². The van der Waals surface area contributed by atoms with Crippen molar-refractivity contribution in [2.45, 2.75) is 23.9 Å². The summed E-state index contributed by atoms with van der Waals surface area (Å²) in [5, 5.41) is 7.90. The van der Waals surface area contributed by atoms with Crippen LogP contribution in [0.4, 0.5) is 39.8 Å². The Morgan fingerprint density at radius 3 is 1.43 bits per heavy atom. The van der Waals surface area contributed by atoms with E-state index < -0.39 is 40.2 Å². The maximum Gasteiger partial charge on any atom is 0.460 e.